The smallest absolute Gasteiger partial charge is 0.0749 e. The van der Waals surface area contributed by atoms with Crippen LogP contribution >= 0.6 is 0 Å². The van der Waals surface area contributed by atoms with Crippen molar-refractivity contribution in [2.45, 2.75) is 51.1 Å². The normalized spacial score (nSPS) is 17.6. The van der Waals surface area contributed by atoms with E-state index in [9.17, 15) is 0 Å². The van der Waals surface area contributed by atoms with E-state index in [4.69, 9.17) is 0 Å². The molecule has 1 saturated carbocycles. The quantitative estimate of drug-likeness (QED) is 0.651. The molecule has 1 heteroatoms. The summed E-state index contributed by atoms with van der Waals surface area (Å²) in [5, 5.41) is 0. The van der Waals surface area contributed by atoms with Gasteiger partial charge in [0.25, 0.3) is 0 Å². The Hall–Kier alpha value is -2.04. The second-order valence-electron chi connectivity index (χ2n) is 7.23. The van der Waals surface area contributed by atoms with Gasteiger partial charge in [0.1, 0.15) is 0 Å². The second kappa shape index (κ2) is 8.88. The number of rotatable bonds is 4. The van der Waals surface area contributed by atoms with Crippen LogP contribution in [-0.2, 0) is 0 Å². The molecule has 0 saturated heterocycles. The van der Waals surface area contributed by atoms with Crippen molar-refractivity contribution in [2.24, 2.45) is 5.92 Å². The summed E-state index contributed by atoms with van der Waals surface area (Å²) in [6.07, 6.45) is 6.69. The SMILES string of the molecule is CC(c1ccccc1)N(C)C(C#Cc1ccccc1)C1CCCCC1. The topological polar surface area (TPSA) is 3.24 Å². The molecule has 25 heavy (non-hydrogen) atoms. The zero-order valence-electron chi connectivity index (χ0n) is 15.5. The molecule has 1 aliphatic carbocycles. The zero-order chi connectivity index (χ0) is 17.5. The molecular weight excluding hydrogens is 302 g/mol. The van der Waals surface area contributed by atoms with Crippen LogP contribution in [0.3, 0.4) is 0 Å². The number of benzene rings is 2. The molecule has 2 aromatic rings. The molecule has 0 bridgehead atoms. The van der Waals surface area contributed by atoms with E-state index in [1.54, 1.807) is 0 Å². The highest BCUT2D eigenvalue weighted by atomic mass is 15.2. The molecule has 2 aromatic carbocycles. The lowest BCUT2D eigenvalue weighted by Gasteiger charge is -2.37. The molecule has 0 N–H and O–H groups in total. The van der Waals surface area contributed by atoms with Crippen LogP contribution in [0.4, 0.5) is 0 Å². The summed E-state index contributed by atoms with van der Waals surface area (Å²) in [5.41, 5.74) is 2.48. The van der Waals surface area contributed by atoms with Crippen LogP contribution in [0.5, 0.6) is 0 Å². The first-order valence-corrected chi connectivity index (χ1v) is 9.59. The van der Waals surface area contributed by atoms with Crippen molar-refractivity contribution < 1.29 is 0 Å². The summed E-state index contributed by atoms with van der Waals surface area (Å²) in [5.74, 6) is 7.75. The van der Waals surface area contributed by atoms with Crippen LogP contribution in [0.2, 0.25) is 0 Å². The Balaban J connectivity index is 1.84. The Labute approximate surface area is 153 Å². The first kappa shape index (κ1) is 17.8. The summed E-state index contributed by atoms with van der Waals surface area (Å²) in [7, 11) is 2.25. The minimum absolute atomic E-state index is 0.315. The van der Waals surface area contributed by atoms with E-state index < -0.39 is 0 Å². The highest BCUT2D eigenvalue weighted by Gasteiger charge is 2.28. The fraction of sp³-hybridized carbons (Fsp3) is 0.417. The van der Waals surface area contributed by atoms with Gasteiger partial charge in [0.05, 0.1) is 6.04 Å². The van der Waals surface area contributed by atoms with E-state index in [1.165, 1.54) is 37.7 Å². The van der Waals surface area contributed by atoms with Crippen LogP contribution in [0.15, 0.2) is 60.7 Å². The van der Waals surface area contributed by atoms with Gasteiger partial charge >= 0.3 is 0 Å². The fourth-order valence-corrected chi connectivity index (χ4v) is 3.89. The summed E-state index contributed by atoms with van der Waals surface area (Å²) in [6, 6.07) is 21.9. The molecular formula is C24H29N. The zero-order valence-corrected chi connectivity index (χ0v) is 15.5. The van der Waals surface area contributed by atoms with E-state index in [0.717, 1.165) is 5.56 Å². The standard InChI is InChI=1S/C24H29N/c1-20(22-14-8-4-9-15-22)25(2)24(23-16-10-5-11-17-23)19-18-21-12-6-3-7-13-21/h3-4,6-9,12-15,20,23-24H,5,10-11,16-17H2,1-2H3. The molecule has 0 amide bonds. The molecule has 2 atom stereocenters. The largest absolute Gasteiger partial charge is 0.286 e. The molecule has 0 aliphatic heterocycles. The highest BCUT2D eigenvalue weighted by Crippen LogP contribution is 2.32. The van der Waals surface area contributed by atoms with Gasteiger partial charge in [-0.05, 0) is 50.4 Å². The third-order valence-corrected chi connectivity index (χ3v) is 5.57. The maximum Gasteiger partial charge on any atom is 0.0749 e. The number of hydrogen-bond donors (Lipinski definition) is 0. The minimum atomic E-state index is 0.315. The van der Waals surface area contributed by atoms with E-state index >= 15 is 0 Å². The van der Waals surface area contributed by atoms with Crippen molar-refractivity contribution >= 4 is 0 Å². The van der Waals surface area contributed by atoms with Crippen LogP contribution in [0, 0.1) is 17.8 Å². The molecule has 0 heterocycles. The summed E-state index contributed by atoms with van der Waals surface area (Å²) in [6.45, 7) is 2.30. The van der Waals surface area contributed by atoms with Crippen LogP contribution < -0.4 is 0 Å². The Morgan fingerprint density at radius 2 is 1.48 bits per heavy atom. The number of nitrogens with zero attached hydrogens (tertiary/aromatic N) is 1. The molecule has 2 unspecified atom stereocenters. The first-order chi connectivity index (χ1) is 12.3. The van der Waals surface area contributed by atoms with Gasteiger partial charge in [-0.25, -0.2) is 0 Å². The lowest BCUT2D eigenvalue weighted by atomic mass is 9.82. The van der Waals surface area contributed by atoms with Gasteiger partial charge in [0.15, 0.2) is 0 Å². The Morgan fingerprint density at radius 1 is 0.880 bits per heavy atom. The maximum atomic E-state index is 3.63. The molecule has 0 radical (unpaired) electrons. The fourth-order valence-electron chi connectivity index (χ4n) is 3.89. The predicted octanol–water partition coefficient (Wildman–Crippen LogP) is 5.68. The van der Waals surface area contributed by atoms with Gasteiger partial charge in [-0.1, -0.05) is 79.6 Å². The minimum Gasteiger partial charge on any atom is -0.286 e. The van der Waals surface area contributed by atoms with Gasteiger partial charge in [-0.2, -0.15) is 0 Å². The van der Waals surface area contributed by atoms with Crippen LogP contribution in [-0.4, -0.2) is 18.0 Å². The average molecular weight is 332 g/mol. The molecule has 1 aliphatic rings. The molecule has 1 fully saturated rings. The molecule has 130 valence electrons. The van der Waals surface area contributed by atoms with Crippen molar-refractivity contribution in [2.75, 3.05) is 7.05 Å². The van der Waals surface area contributed by atoms with Crippen molar-refractivity contribution in [3.63, 3.8) is 0 Å². The van der Waals surface area contributed by atoms with Crippen LogP contribution in [0.25, 0.3) is 0 Å². The van der Waals surface area contributed by atoms with E-state index in [-0.39, 0.29) is 0 Å². The van der Waals surface area contributed by atoms with Crippen molar-refractivity contribution in [3.05, 3.63) is 71.8 Å². The Morgan fingerprint density at radius 3 is 2.12 bits per heavy atom. The van der Waals surface area contributed by atoms with Crippen molar-refractivity contribution in [1.29, 1.82) is 0 Å². The first-order valence-electron chi connectivity index (χ1n) is 9.59. The molecule has 0 spiro atoms. The lowest BCUT2D eigenvalue weighted by Crippen LogP contribution is -2.39. The third-order valence-electron chi connectivity index (χ3n) is 5.57. The Kier molecular flexibility index (Phi) is 6.31. The molecule has 3 rings (SSSR count). The summed E-state index contributed by atoms with van der Waals surface area (Å²) in [4.78, 5) is 2.49. The molecule has 0 aromatic heterocycles. The van der Waals surface area contributed by atoms with E-state index in [2.05, 4.69) is 85.3 Å². The highest BCUT2D eigenvalue weighted by molar-refractivity contribution is 5.35. The number of hydrogen-bond acceptors (Lipinski definition) is 1. The maximum absolute atomic E-state index is 3.63. The van der Waals surface area contributed by atoms with Crippen molar-refractivity contribution in [3.8, 4) is 11.8 Å². The van der Waals surface area contributed by atoms with Crippen molar-refractivity contribution in [1.82, 2.24) is 4.90 Å². The molecule has 1 nitrogen and oxygen atoms in total. The van der Waals surface area contributed by atoms with Gasteiger partial charge in [-0.15, -0.1) is 0 Å². The van der Waals surface area contributed by atoms with E-state index in [0.29, 0.717) is 18.0 Å². The van der Waals surface area contributed by atoms with Gasteiger partial charge < -0.3 is 0 Å². The van der Waals surface area contributed by atoms with E-state index in [1.807, 2.05) is 6.07 Å². The summed E-state index contributed by atoms with van der Waals surface area (Å²) >= 11 is 0. The van der Waals surface area contributed by atoms with Gasteiger partial charge in [0, 0.05) is 11.6 Å². The van der Waals surface area contributed by atoms with Crippen LogP contribution in [0.1, 0.15) is 56.2 Å². The monoisotopic (exact) mass is 331 g/mol. The second-order valence-corrected chi connectivity index (χ2v) is 7.23. The summed E-state index contributed by atoms with van der Waals surface area (Å²) < 4.78 is 0. The third kappa shape index (κ3) is 4.74. The van der Waals surface area contributed by atoms with Gasteiger partial charge in [-0.3, -0.25) is 4.90 Å². The average Bonchev–Trinajstić information content (AvgIpc) is 2.69. The predicted molar refractivity (Wildman–Crippen MR) is 106 cm³/mol. The van der Waals surface area contributed by atoms with Gasteiger partial charge in [0.2, 0.25) is 0 Å². The lowest BCUT2D eigenvalue weighted by molar-refractivity contribution is 0.147. The Bertz CT molecular complexity index is 689.